The summed E-state index contributed by atoms with van der Waals surface area (Å²) in [6, 6.07) is 10.7. The Balaban J connectivity index is 1.28. The number of rotatable bonds is 4. The molecule has 2 amide bonds. The van der Waals surface area contributed by atoms with E-state index in [-0.39, 0.29) is 17.6 Å². The summed E-state index contributed by atoms with van der Waals surface area (Å²) in [7, 11) is 0. The third kappa shape index (κ3) is 3.82. The van der Waals surface area contributed by atoms with E-state index in [2.05, 4.69) is 20.2 Å². The van der Waals surface area contributed by atoms with Gasteiger partial charge in [0, 0.05) is 37.4 Å². The van der Waals surface area contributed by atoms with Gasteiger partial charge in [-0.15, -0.1) is 11.3 Å². The molecule has 0 bridgehead atoms. The summed E-state index contributed by atoms with van der Waals surface area (Å²) in [4.78, 5) is 39.3. The van der Waals surface area contributed by atoms with Gasteiger partial charge < -0.3 is 19.5 Å². The van der Waals surface area contributed by atoms with Gasteiger partial charge >= 0.3 is 0 Å². The fourth-order valence-electron chi connectivity index (χ4n) is 3.81. The second kappa shape index (κ2) is 8.43. The first-order chi connectivity index (χ1) is 15.6. The smallest absolute Gasteiger partial charge is 0.291 e. The molecule has 0 unspecified atom stereocenters. The van der Waals surface area contributed by atoms with E-state index in [9.17, 15) is 9.59 Å². The Kier molecular flexibility index (Phi) is 5.32. The minimum Gasteiger partial charge on any atom is -0.459 e. The molecule has 32 heavy (non-hydrogen) atoms. The predicted octanol–water partition coefficient (Wildman–Crippen LogP) is 3.81. The van der Waals surface area contributed by atoms with Crippen LogP contribution in [0.3, 0.4) is 0 Å². The minimum atomic E-state index is -0.346. The topological polar surface area (TPSA) is 91.6 Å². The van der Waals surface area contributed by atoms with E-state index in [1.807, 2.05) is 29.3 Å². The SMILES string of the molecule is Cc1ccc(C(=O)N2CCN(c3ncnc4sccc34)CC2)cc1NC(=O)c1ccco1. The van der Waals surface area contributed by atoms with E-state index in [4.69, 9.17) is 4.42 Å². The van der Waals surface area contributed by atoms with Gasteiger partial charge in [-0.2, -0.15) is 0 Å². The first-order valence-corrected chi connectivity index (χ1v) is 11.2. The lowest BCUT2D eigenvalue weighted by molar-refractivity contribution is 0.0746. The number of aryl methyl sites for hydroxylation is 1. The number of carbonyl (C=O) groups excluding carboxylic acids is 2. The van der Waals surface area contributed by atoms with Gasteiger partial charge in [0.05, 0.1) is 11.6 Å². The van der Waals surface area contributed by atoms with E-state index < -0.39 is 0 Å². The third-order valence-electron chi connectivity index (χ3n) is 5.58. The van der Waals surface area contributed by atoms with Gasteiger partial charge in [-0.1, -0.05) is 6.07 Å². The number of nitrogens with zero attached hydrogens (tertiary/aromatic N) is 4. The zero-order chi connectivity index (χ0) is 22.1. The lowest BCUT2D eigenvalue weighted by Gasteiger charge is -2.35. The highest BCUT2D eigenvalue weighted by Gasteiger charge is 2.24. The Morgan fingerprint density at radius 2 is 1.94 bits per heavy atom. The number of hydrogen-bond donors (Lipinski definition) is 1. The quantitative estimate of drug-likeness (QED) is 0.512. The van der Waals surface area contributed by atoms with E-state index >= 15 is 0 Å². The predicted molar refractivity (Wildman–Crippen MR) is 123 cm³/mol. The van der Waals surface area contributed by atoms with Crippen LogP contribution < -0.4 is 10.2 Å². The molecule has 1 aliphatic heterocycles. The lowest BCUT2D eigenvalue weighted by Crippen LogP contribution is -2.49. The monoisotopic (exact) mass is 447 g/mol. The lowest BCUT2D eigenvalue weighted by atomic mass is 10.1. The molecule has 1 fully saturated rings. The van der Waals surface area contributed by atoms with E-state index in [1.165, 1.54) is 6.26 Å². The summed E-state index contributed by atoms with van der Waals surface area (Å²) < 4.78 is 5.15. The third-order valence-corrected chi connectivity index (χ3v) is 6.41. The minimum absolute atomic E-state index is 0.0542. The number of thiophene rings is 1. The number of nitrogens with one attached hydrogen (secondary N) is 1. The molecular weight excluding hydrogens is 426 g/mol. The summed E-state index contributed by atoms with van der Waals surface area (Å²) in [5.41, 5.74) is 2.01. The normalized spacial score (nSPS) is 14.0. The van der Waals surface area contributed by atoms with Gasteiger partial charge in [0.25, 0.3) is 11.8 Å². The molecule has 3 aromatic heterocycles. The van der Waals surface area contributed by atoms with Crippen LogP contribution in [0.2, 0.25) is 0 Å². The first-order valence-electron chi connectivity index (χ1n) is 10.3. The van der Waals surface area contributed by atoms with Gasteiger partial charge in [-0.25, -0.2) is 9.97 Å². The van der Waals surface area contributed by atoms with Gasteiger partial charge in [0.15, 0.2) is 5.76 Å². The number of benzene rings is 1. The van der Waals surface area contributed by atoms with Crippen LogP contribution in [0.1, 0.15) is 26.5 Å². The maximum absolute atomic E-state index is 13.1. The Hall–Kier alpha value is -3.72. The van der Waals surface area contributed by atoms with Crippen LogP contribution in [0, 0.1) is 6.92 Å². The van der Waals surface area contributed by atoms with Crippen molar-refractivity contribution in [1.82, 2.24) is 14.9 Å². The molecule has 162 valence electrons. The van der Waals surface area contributed by atoms with Crippen LogP contribution in [-0.4, -0.2) is 52.9 Å². The van der Waals surface area contributed by atoms with Crippen LogP contribution in [0.25, 0.3) is 10.2 Å². The molecule has 9 heteroatoms. The van der Waals surface area contributed by atoms with E-state index in [0.29, 0.717) is 37.4 Å². The zero-order valence-electron chi connectivity index (χ0n) is 17.4. The van der Waals surface area contributed by atoms with Gasteiger partial charge in [-0.05, 0) is 48.2 Å². The summed E-state index contributed by atoms with van der Waals surface area (Å²) in [6.45, 7) is 4.47. The van der Waals surface area contributed by atoms with Crippen LogP contribution in [0.15, 0.2) is 58.8 Å². The van der Waals surface area contributed by atoms with Crippen LogP contribution >= 0.6 is 11.3 Å². The largest absolute Gasteiger partial charge is 0.459 e. The van der Waals surface area contributed by atoms with E-state index in [1.54, 1.807) is 41.9 Å². The summed E-state index contributed by atoms with van der Waals surface area (Å²) in [5, 5.41) is 5.89. The number of anilines is 2. The summed E-state index contributed by atoms with van der Waals surface area (Å²) in [5.74, 6) is 0.741. The molecule has 4 aromatic rings. The van der Waals surface area contributed by atoms with Gasteiger partial charge in [0.1, 0.15) is 17.0 Å². The molecule has 0 atom stereocenters. The zero-order valence-corrected chi connectivity index (χ0v) is 18.3. The Bertz CT molecular complexity index is 1280. The Morgan fingerprint density at radius 3 is 2.72 bits per heavy atom. The number of aromatic nitrogens is 2. The van der Waals surface area contributed by atoms with Crippen molar-refractivity contribution in [3.8, 4) is 0 Å². The molecule has 0 spiro atoms. The molecule has 0 aliphatic carbocycles. The van der Waals surface area contributed by atoms with Crippen molar-refractivity contribution in [3.63, 3.8) is 0 Å². The molecule has 0 radical (unpaired) electrons. The van der Waals surface area contributed by atoms with E-state index in [0.717, 1.165) is 21.6 Å². The summed E-state index contributed by atoms with van der Waals surface area (Å²) in [6.07, 6.45) is 3.04. The second-order valence-corrected chi connectivity index (χ2v) is 8.47. The standard InChI is InChI=1S/C23H21N5O3S/c1-15-4-5-16(13-18(15)26-21(29)19-3-2-11-31-19)23(30)28-9-7-27(8-10-28)20-17-6-12-32-22(17)25-14-24-20/h2-6,11-14H,7-10H2,1H3,(H,26,29). The molecular formula is C23H21N5O3S. The molecule has 1 saturated heterocycles. The highest BCUT2D eigenvalue weighted by atomic mass is 32.1. The highest BCUT2D eigenvalue weighted by Crippen LogP contribution is 2.27. The Labute approximate surface area is 188 Å². The van der Waals surface area contributed by atoms with Gasteiger partial charge in [-0.3, -0.25) is 9.59 Å². The summed E-state index contributed by atoms with van der Waals surface area (Å²) >= 11 is 1.60. The van der Waals surface area contributed by atoms with Crippen molar-refractivity contribution < 1.29 is 14.0 Å². The van der Waals surface area contributed by atoms with Crippen molar-refractivity contribution in [1.29, 1.82) is 0 Å². The number of hydrogen-bond acceptors (Lipinski definition) is 7. The number of piperazine rings is 1. The van der Waals surface area contributed by atoms with Crippen LogP contribution in [0.5, 0.6) is 0 Å². The van der Waals surface area contributed by atoms with Crippen molar-refractivity contribution >= 4 is 44.9 Å². The maximum atomic E-state index is 13.1. The van der Waals surface area contributed by atoms with Crippen molar-refractivity contribution in [2.45, 2.75) is 6.92 Å². The number of fused-ring (bicyclic) bond motifs is 1. The number of carbonyl (C=O) groups is 2. The van der Waals surface area contributed by atoms with Crippen molar-refractivity contribution in [3.05, 3.63) is 71.3 Å². The molecule has 1 aromatic carbocycles. The van der Waals surface area contributed by atoms with Crippen molar-refractivity contribution in [2.24, 2.45) is 0 Å². The molecule has 1 aliphatic rings. The second-order valence-electron chi connectivity index (χ2n) is 7.58. The fraction of sp³-hybridized carbons (Fsp3) is 0.217. The average Bonchev–Trinajstić information content (AvgIpc) is 3.52. The molecule has 8 nitrogen and oxygen atoms in total. The maximum Gasteiger partial charge on any atom is 0.291 e. The Morgan fingerprint density at radius 1 is 1.09 bits per heavy atom. The highest BCUT2D eigenvalue weighted by molar-refractivity contribution is 7.16. The van der Waals surface area contributed by atoms with Crippen LogP contribution in [-0.2, 0) is 0 Å². The van der Waals surface area contributed by atoms with Crippen LogP contribution in [0.4, 0.5) is 11.5 Å². The molecule has 0 saturated carbocycles. The number of furan rings is 1. The molecule has 1 N–H and O–H groups in total. The first kappa shape index (κ1) is 20.2. The molecule has 5 rings (SSSR count). The van der Waals surface area contributed by atoms with Gasteiger partial charge in [0.2, 0.25) is 0 Å². The van der Waals surface area contributed by atoms with Crippen molar-refractivity contribution in [2.75, 3.05) is 36.4 Å². The fourth-order valence-corrected chi connectivity index (χ4v) is 4.54. The molecule has 4 heterocycles. The number of amides is 2. The average molecular weight is 448 g/mol.